The van der Waals surface area contributed by atoms with Crippen LogP contribution in [0.1, 0.15) is 18.9 Å². The number of aromatic nitrogens is 2. The Morgan fingerprint density at radius 3 is 2.71 bits per heavy atom. The Labute approximate surface area is 173 Å². The van der Waals surface area contributed by atoms with Crippen LogP contribution in [0.5, 0.6) is 0 Å². The molecule has 146 valence electrons. The van der Waals surface area contributed by atoms with Crippen molar-refractivity contribution in [3.63, 3.8) is 0 Å². The number of nitrogens with zero attached hydrogens (tertiary/aromatic N) is 2. The summed E-state index contributed by atoms with van der Waals surface area (Å²) < 4.78 is 10.1. The normalized spacial score (nSPS) is 13.6. The van der Waals surface area contributed by atoms with E-state index < -0.39 is 11.5 Å². The van der Waals surface area contributed by atoms with E-state index in [4.69, 9.17) is 21.4 Å². The van der Waals surface area contributed by atoms with Gasteiger partial charge in [0.25, 0.3) is 0 Å². The maximum Gasteiger partial charge on any atom is 0.330 e. The zero-order valence-corrected chi connectivity index (χ0v) is 17.6. The van der Waals surface area contributed by atoms with Gasteiger partial charge in [-0.05, 0) is 42.3 Å². The van der Waals surface area contributed by atoms with Crippen LogP contribution in [0.2, 0.25) is 5.02 Å². The van der Waals surface area contributed by atoms with Crippen LogP contribution < -0.4 is 4.72 Å². The fourth-order valence-electron chi connectivity index (χ4n) is 3.34. The fraction of sp³-hybridized carbons (Fsp3) is 0.238. The fourth-order valence-corrected chi connectivity index (χ4v) is 3.87. The highest BCUT2D eigenvalue weighted by atomic mass is 35.5. The molecule has 0 aliphatic heterocycles. The van der Waals surface area contributed by atoms with E-state index in [1.165, 1.54) is 25.1 Å². The van der Waals surface area contributed by atoms with Crippen LogP contribution in [-0.4, -0.2) is 29.1 Å². The van der Waals surface area contributed by atoms with Gasteiger partial charge in [0.15, 0.2) is 0 Å². The number of benzene rings is 2. The molecule has 7 heteroatoms. The second-order valence-corrected chi connectivity index (χ2v) is 7.29. The Kier molecular flexibility index (Phi) is 6.31. The SMILES string of the molecule is CCC(/C=C/C(=O)OC)(c1ccc(Cl)cc1)n1ncc2c(NSC)cccc21. The van der Waals surface area contributed by atoms with E-state index in [9.17, 15) is 4.79 Å². The van der Waals surface area contributed by atoms with Crippen molar-refractivity contribution in [1.29, 1.82) is 0 Å². The summed E-state index contributed by atoms with van der Waals surface area (Å²) in [5.74, 6) is -0.409. The second-order valence-electron chi connectivity index (χ2n) is 6.24. The zero-order chi connectivity index (χ0) is 20.1. The highest BCUT2D eigenvalue weighted by Crippen LogP contribution is 2.36. The summed E-state index contributed by atoms with van der Waals surface area (Å²) in [5.41, 5.74) is 2.27. The molecule has 0 saturated carbocycles. The van der Waals surface area contributed by atoms with E-state index in [2.05, 4.69) is 11.6 Å². The molecule has 2 aromatic carbocycles. The molecular weight excluding hydrogens is 394 g/mol. The molecule has 28 heavy (non-hydrogen) atoms. The molecule has 0 aliphatic carbocycles. The predicted octanol–water partition coefficient (Wildman–Crippen LogP) is 5.26. The summed E-state index contributed by atoms with van der Waals surface area (Å²) in [6.45, 7) is 2.06. The van der Waals surface area contributed by atoms with E-state index in [0.29, 0.717) is 11.4 Å². The highest BCUT2D eigenvalue weighted by Gasteiger charge is 2.32. The minimum Gasteiger partial charge on any atom is -0.466 e. The number of hydrogen-bond acceptors (Lipinski definition) is 5. The molecule has 1 atom stereocenters. The second kappa shape index (κ2) is 8.71. The third-order valence-electron chi connectivity index (χ3n) is 4.78. The molecule has 0 fully saturated rings. The van der Waals surface area contributed by atoms with Crippen LogP contribution in [0.25, 0.3) is 10.9 Å². The largest absolute Gasteiger partial charge is 0.466 e. The molecule has 0 spiro atoms. The lowest BCUT2D eigenvalue weighted by Gasteiger charge is -2.32. The lowest BCUT2D eigenvalue weighted by atomic mass is 9.86. The van der Waals surface area contributed by atoms with Gasteiger partial charge < -0.3 is 9.46 Å². The first-order valence-electron chi connectivity index (χ1n) is 8.85. The summed E-state index contributed by atoms with van der Waals surface area (Å²) in [6, 6.07) is 13.7. The van der Waals surface area contributed by atoms with Gasteiger partial charge >= 0.3 is 5.97 Å². The number of anilines is 1. The predicted molar refractivity (Wildman–Crippen MR) is 117 cm³/mol. The molecule has 0 aliphatic rings. The van der Waals surface area contributed by atoms with Crippen LogP contribution in [0.15, 0.2) is 60.8 Å². The maximum absolute atomic E-state index is 11.9. The average molecular weight is 416 g/mol. The van der Waals surface area contributed by atoms with E-state index in [1.807, 2.05) is 65.7 Å². The van der Waals surface area contributed by atoms with E-state index in [0.717, 1.165) is 22.2 Å². The van der Waals surface area contributed by atoms with Crippen LogP contribution in [0.3, 0.4) is 0 Å². The molecule has 0 bridgehead atoms. The number of carbonyl (C=O) groups is 1. The lowest BCUT2D eigenvalue weighted by molar-refractivity contribution is -0.134. The molecule has 1 heterocycles. The number of carbonyl (C=O) groups excluding carboxylic acids is 1. The topological polar surface area (TPSA) is 56.2 Å². The zero-order valence-electron chi connectivity index (χ0n) is 16.0. The van der Waals surface area contributed by atoms with Crippen molar-refractivity contribution in [2.45, 2.75) is 18.9 Å². The molecule has 3 aromatic rings. The average Bonchev–Trinajstić information content (AvgIpc) is 3.15. The molecule has 1 N–H and O–H groups in total. The van der Waals surface area contributed by atoms with Gasteiger partial charge in [0.1, 0.15) is 5.54 Å². The molecule has 0 radical (unpaired) electrons. The Hall–Kier alpha value is -2.44. The first kappa shape index (κ1) is 20.3. The van der Waals surface area contributed by atoms with Gasteiger partial charge in [0, 0.05) is 22.7 Å². The first-order valence-corrected chi connectivity index (χ1v) is 10.5. The Bertz CT molecular complexity index is 1000. The number of nitrogens with one attached hydrogen (secondary N) is 1. The summed E-state index contributed by atoms with van der Waals surface area (Å²) >= 11 is 7.64. The summed E-state index contributed by atoms with van der Waals surface area (Å²) in [7, 11) is 1.37. The van der Waals surface area contributed by atoms with Crippen LogP contribution in [0, 0.1) is 0 Å². The van der Waals surface area contributed by atoms with Gasteiger partial charge in [0.2, 0.25) is 0 Å². The molecule has 0 saturated heterocycles. The van der Waals surface area contributed by atoms with Crippen LogP contribution in [-0.2, 0) is 15.1 Å². The number of ether oxygens (including phenoxy) is 1. The standard InChI is InChI=1S/C21H22ClN3O2S/c1-4-21(13-12-20(26)27-2,15-8-10-16(22)11-9-15)25-19-7-5-6-18(24-28-3)17(19)14-23-25/h5-14,24H,4H2,1-3H3/b13-12+. The van der Waals surface area contributed by atoms with Crippen LogP contribution in [0.4, 0.5) is 5.69 Å². The smallest absolute Gasteiger partial charge is 0.330 e. The lowest BCUT2D eigenvalue weighted by Crippen LogP contribution is -2.33. The van der Waals surface area contributed by atoms with Gasteiger partial charge in [0.05, 0.1) is 24.5 Å². The third kappa shape index (κ3) is 3.75. The third-order valence-corrected chi connectivity index (χ3v) is 5.46. The van der Waals surface area contributed by atoms with Gasteiger partial charge in [-0.3, -0.25) is 4.68 Å². The molecule has 1 aromatic heterocycles. The van der Waals surface area contributed by atoms with Gasteiger partial charge in [-0.25, -0.2) is 4.79 Å². The van der Waals surface area contributed by atoms with E-state index in [-0.39, 0.29) is 0 Å². The number of fused-ring (bicyclic) bond motifs is 1. The number of hydrogen-bond donors (Lipinski definition) is 1. The van der Waals surface area contributed by atoms with E-state index >= 15 is 0 Å². The van der Waals surface area contributed by atoms with Crippen molar-refractivity contribution >= 4 is 46.1 Å². The minimum atomic E-state index is -0.668. The first-order chi connectivity index (χ1) is 13.6. The van der Waals surface area contributed by atoms with Gasteiger partial charge in [-0.1, -0.05) is 48.7 Å². The van der Waals surface area contributed by atoms with Crippen molar-refractivity contribution in [2.24, 2.45) is 0 Å². The Morgan fingerprint density at radius 2 is 2.07 bits per heavy atom. The van der Waals surface area contributed by atoms with Crippen molar-refractivity contribution in [3.05, 3.63) is 71.4 Å². The number of esters is 1. The number of rotatable bonds is 7. The monoisotopic (exact) mass is 415 g/mol. The van der Waals surface area contributed by atoms with E-state index in [1.54, 1.807) is 0 Å². The number of allylic oxidation sites excluding steroid dienone is 1. The van der Waals surface area contributed by atoms with Crippen LogP contribution >= 0.6 is 23.5 Å². The van der Waals surface area contributed by atoms with Crippen molar-refractivity contribution < 1.29 is 9.53 Å². The highest BCUT2D eigenvalue weighted by molar-refractivity contribution is 7.99. The molecule has 5 nitrogen and oxygen atoms in total. The van der Waals surface area contributed by atoms with Crippen molar-refractivity contribution in [1.82, 2.24) is 9.78 Å². The number of methoxy groups -OCH3 is 1. The maximum atomic E-state index is 11.9. The van der Waals surface area contributed by atoms with Crippen molar-refractivity contribution in [3.8, 4) is 0 Å². The van der Waals surface area contributed by atoms with Crippen molar-refractivity contribution in [2.75, 3.05) is 18.1 Å². The Morgan fingerprint density at radius 1 is 1.32 bits per heavy atom. The molecular formula is C21H22ClN3O2S. The van der Waals surface area contributed by atoms with Gasteiger partial charge in [-0.15, -0.1) is 0 Å². The Balaban J connectivity index is 2.26. The number of halogens is 1. The molecule has 1 unspecified atom stereocenters. The molecule has 3 rings (SSSR count). The summed E-state index contributed by atoms with van der Waals surface area (Å²) in [5, 5.41) is 6.38. The summed E-state index contributed by atoms with van der Waals surface area (Å²) in [4.78, 5) is 11.9. The molecule has 0 amide bonds. The quantitative estimate of drug-likeness (QED) is 0.324. The minimum absolute atomic E-state index is 0.409. The summed E-state index contributed by atoms with van der Waals surface area (Å²) in [6.07, 6.45) is 7.81. The van der Waals surface area contributed by atoms with Gasteiger partial charge in [-0.2, -0.15) is 5.10 Å².